The molecule has 2 unspecified atom stereocenters. The van der Waals surface area contributed by atoms with Crippen LogP contribution < -0.4 is 20.5 Å². The van der Waals surface area contributed by atoms with Crippen molar-refractivity contribution in [3.63, 3.8) is 0 Å². The zero-order valence-corrected chi connectivity index (χ0v) is 21.4. The predicted octanol–water partition coefficient (Wildman–Crippen LogP) is 5.13. The molecule has 0 saturated heterocycles. The number of fused-ring (bicyclic) bond motifs is 2. The van der Waals surface area contributed by atoms with Crippen molar-refractivity contribution in [1.82, 2.24) is 19.6 Å². The summed E-state index contributed by atoms with van der Waals surface area (Å²) in [5, 5.41) is 8.14. The van der Waals surface area contributed by atoms with Gasteiger partial charge in [0, 0.05) is 30.3 Å². The van der Waals surface area contributed by atoms with Gasteiger partial charge >= 0.3 is 0 Å². The fourth-order valence-electron chi connectivity index (χ4n) is 5.31. The lowest BCUT2D eigenvalue weighted by molar-refractivity contribution is 0.354. The summed E-state index contributed by atoms with van der Waals surface area (Å²) in [5.41, 5.74) is 12.2. The second-order valence-electron chi connectivity index (χ2n) is 9.45. The third kappa shape index (κ3) is 4.35. The minimum atomic E-state index is -0.278. The Hall–Kier alpha value is -4.37. The lowest BCUT2D eigenvalue weighted by atomic mass is 9.77. The molecule has 3 N–H and O–H groups in total. The van der Waals surface area contributed by atoms with E-state index in [1.807, 2.05) is 36.5 Å². The molecule has 0 bridgehead atoms. The molecular weight excluding hydrogens is 480 g/mol. The summed E-state index contributed by atoms with van der Waals surface area (Å²) in [6.07, 6.45) is 6.65. The van der Waals surface area contributed by atoms with Crippen molar-refractivity contribution in [1.29, 1.82) is 0 Å². The van der Waals surface area contributed by atoms with Crippen LogP contribution in [0.25, 0.3) is 17.2 Å². The standard InChI is InChI=1S/C29H30N6O3/c1-36-23-13-12-18(15-25(23)37-2)16-31-29-32-17-22(28-33-27(34-35(28)29)24-11-6-14-38-24)26(30)21-10-5-8-19-7-3-4-9-20(19)21/h3-4,6-7,9,11-15,17,21,26H,5,8,10,16,30H2,1-2H3,(H,31,32). The Morgan fingerprint density at radius 1 is 1.11 bits per heavy atom. The van der Waals surface area contributed by atoms with E-state index in [2.05, 4.69) is 29.6 Å². The maximum absolute atomic E-state index is 6.96. The Kier molecular flexibility index (Phi) is 6.43. The number of aryl methyl sites for hydroxylation is 1. The van der Waals surface area contributed by atoms with E-state index < -0.39 is 0 Å². The van der Waals surface area contributed by atoms with Gasteiger partial charge in [0.25, 0.3) is 0 Å². The predicted molar refractivity (Wildman–Crippen MR) is 144 cm³/mol. The highest BCUT2D eigenvalue weighted by Crippen LogP contribution is 2.40. The average Bonchev–Trinajstić information content (AvgIpc) is 3.66. The molecular formula is C29H30N6O3. The van der Waals surface area contributed by atoms with Crippen molar-refractivity contribution in [3.8, 4) is 23.1 Å². The van der Waals surface area contributed by atoms with Gasteiger partial charge in [0.05, 0.1) is 20.5 Å². The van der Waals surface area contributed by atoms with Crippen LogP contribution in [0.15, 0.2) is 71.5 Å². The second kappa shape index (κ2) is 10.2. The Labute approximate surface area is 220 Å². The quantitative estimate of drug-likeness (QED) is 0.295. The molecule has 3 aromatic heterocycles. The number of furan rings is 1. The molecule has 0 aliphatic heterocycles. The summed E-state index contributed by atoms with van der Waals surface area (Å²) in [6.45, 7) is 0.500. The minimum absolute atomic E-state index is 0.180. The number of aromatic nitrogens is 4. The van der Waals surface area contributed by atoms with Gasteiger partial charge in [-0.05, 0) is 60.2 Å². The molecule has 5 aromatic rings. The molecule has 1 aliphatic carbocycles. The topological polar surface area (TPSA) is 113 Å². The van der Waals surface area contributed by atoms with Gasteiger partial charge in [0.15, 0.2) is 22.9 Å². The number of hydrogen-bond donors (Lipinski definition) is 2. The molecule has 0 saturated carbocycles. The average molecular weight is 511 g/mol. The molecule has 6 rings (SSSR count). The van der Waals surface area contributed by atoms with Gasteiger partial charge in [-0.2, -0.15) is 4.52 Å². The number of benzene rings is 2. The lowest BCUT2D eigenvalue weighted by Crippen LogP contribution is -2.25. The summed E-state index contributed by atoms with van der Waals surface area (Å²) < 4.78 is 18.1. The third-order valence-corrected chi connectivity index (χ3v) is 7.24. The van der Waals surface area contributed by atoms with Crippen LogP contribution in [0.4, 0.5) is 5.95 Å². The van der Waals surface area contributed by atoms with Crippen molar-refractivity contribution in [3.05, 3.63) is 89.3 Å². The Balaban J connectivity index is 1.37. The molecule has 0 spiro atoms. The van der Waals surface area contributed by atoms with Crippen LogP contribution in [0.1, 0.15) is 47.1 Å². The lowest BCUT2D eigenvalue weighted by Gasteiger charge is -2.30. The van der Waals surface area contributed by atoms with Crippen molar-refractivity contribution < 1.29 is 13.9 Å². The largest absolute Gasteiger partial charge is 0.493 e. The third-order valence-electron chi connectivity index (χ3n) is 7.24. The number of methoxy groups -OCH3 is 2. The molecule has 9 heteroatoms. The van der Waals surface area contributed by atoms with Gasteiger partial charge in [-0.15, -0.1) is 5.10 Å². The van der Waals surface area contributed by atoms with Gasteiger partial charge < -0.3 is 24.9 Å². The van der Waals surface area contributed by atoms with E-state index in [1.165, 1.54) is 11.1 Å². The number of nitrogens with zero attached hydrogens (tertiary/aromatic N) is 4. The molecule has 3 heterocycles. The van der Waals surface area contributed by atoms with Crippen LogP contribution in [0.2, 0.25) is 0 Å². The van der Waals surface area contributed by atoms with Gasteiger partial charge in [0.1, 0.15) is 0 Å². The van der Waals surface area contributed by atoms with Crippen LogP contribution in [0.5, 0.6) is 11.5 Å². The number of nitrogens with one attached hydrogen (secondary N) is 1. The van der Waals surface area contributed by atoms with Crippen LogP contribution in [0.3, 0.4) is 0 Å². The first kappa shape index (κ1) is 24.0. The Bertz CT molecular complexity index is 1560. The number of ether oxygens (including phenoxy) is 2. The zero-order chi connectivity index (χ0) is 26.1. The number of nitrogens with two attached hydrogens (primary N) is 1. The molecule has 38 heavy (non-hydrogen) atoms. The minimum Gasteiger partial charge on any atom is -0.493 e. The van der Waals surface area contributed by atoms with Crippen molar-refractivity contribution >= 4 is 11.6 Å². The van der Waals surface area contributed by atoms with E-state index in [9.17, 15) is 0 Å². The summed E-state index contributed by atoms with van der Waals surface area (Å²) in [6, 6.07) is 17.8. The first-order chi connectivity index (χ1) is 18.7. The zero-order valence-electron chi connectivity index (χ0n) is 21.4. The highest BCUT2D eigenvalue weighted by molar-refractivity contribution is 5.59. The van der Waals surface area contributed by atoms with Gasteiger partial charge in [-0.25, -0.2) is 9.97 Å². The maximum Gasteiger partial charge on any atom is 0.226 e. The fraction of sp³-hybridized carbons (Fsp3) is 0.276. The Morgan fingerprint density at radius 3 is 2.79 bits per heavy atom. The number of rotatable bonds is 8. The van der Waals surface area contributed by atoms with Crippen LogP contribution >= 0.6 is 0 Å². The van der Waals surface area contributed by atoms with Crippen LogP contribution in [-0.2, 0) is 13.0 Å². The Morgan fingerprint density at radius 2 is 1.97 bits per heavy atom. The first-order valence-electron chi connectivity index (χ1n) is 12.7. The normalized spacial score (nSPS) is 15.7. The molecule has 0 radical (unpaired) electrons. The van der Waals surface area contributed by atoms with Crippen molar-refractivity contribution in [2.24, 2.45) is 5.73 Å². The van der Waals surface area contributed by atoms with Crippen LogP contribution in [0, 0.1) is 0 Å². The van der Waals surface area contributed by atoms with Gasteiger partial charge in [-0.3, -0.25) is 0 Å². The molecule has 0 amide bonds. The molecule has 194 valence electrons. The molecule has 2 atom stereocenters. The number of hydrogen-bond acceptors (Lipinski definition) is 8. The summed E-state index contributed by atoms with van der Waals surface area (Å²) >= 11 is 0. The van der Waals surface area contributed by atoms with E-state index in [1.54, 1.807) is 25.0 Å². The second-order valence-corrected chi connectivity index (χ2v) is 9.45. The monoisotopic (exact) mass is 510 g/mol. The van der Waals surface area contributed by atoms with E-state index in [-0.39, 0.29) is 12.0 Å². The molecule has 2 aromatic carbocycles. The highest BCUT2D eigenvalue weighted by Gasteiger charge is 2.29. The molecule has 0 fully saturated rings. The van der Waals surface area contributed by atoms with Crippen molar-refractivity contribution in [2.75, 3.05) is 19.5 Å². The summed E-state index contributed by atoms with van der Waals surface area (Å²) in [5.74, 6) is 3.15. The van der Waals surface area contributed by atoms with E-state index in [4.69, 9.17) is 34.7 Å². The first-order valence-corrected chi connectivity index (χ1v) is 12.7. The van der Waals surface area contributed by atoms with Crippen molar-refractivity contribution in [2.45, 2.75) is 37.8 Å². The van der Waals surface area contributed by atoms with E-state index >= 15 is 0 Å². The van der Waals surface area contributed by atoms with E-state index in [0.717, 1.165) is 30.4 Å². The number of anilines is 1. The summed E-state index contributed by atoms with van der Waals surface area (Å²) in [7, 11) is 3.24. The smallest absolute Gasteiger partial charge is 0.226 e. The van der Waals surface area contributed by atoms with Gasteiger partial charge in [0.2, 0.25) is 11.8 Å². The molecule has 1 aliphatic rings. The highest BCUT2D eigenvalue weighted by atomic mass is 16.5. The van der Waals surface area contributed by atoms with Crippen LogP contribution in [-0.4, -0.2) is 33.8 Å². The SMILES string of the molecule is COc1ccc(CNc2ncc(C(N)C3CCCc4ccccc43)c3nc(-c4ccco4)nn23)cc1OC. The fourth-order valence-corrected chi connectivity index (χ4v) is 5.31. The van der Waals surface area contributed by atoms with Gasteiger partial charge in [-0.1, -0.05) is 30.3 Å². The summed E-state index contributed by atoms with van der Waals surface area (Å²) in [4.78, 5) is 9.60. The van der Waals surface area contributed by atoms with E-state index in [0.29, 0.717) is 41.2 Å². The maximum atomic E-state index is 6.96. The molecule has 9 nitrogen and oxygen atoms in total.